The highest BCUT2D eigenvalue weighted by Crippen LogP contribution is 2.32. The zero-order valence-corrected chi connectivity index (χ0v) is 19.1. The summed E-state index contributed by atoms with van der Waals surface area (Å²) in [6.07, 6.45) is 23.7. The summed E-state index contributed by atoms with van der Waals surface area (Å²) in [6, 6.07) is 0. The predicted molar refractivity (Wildman–Crippen MR) is 135 cm³/mol. The molecule has 0 radical (unpaired) electrons. The Labute approximate surface area is 198 Å². The standard InChI is InChI=1S/C26H20Cl2N2S/c27-22-14-13-21(17-23(28)16-15-22)24-18-25(19-9-5-2-1-3-6-10-19)31-30-26(29-24)20-11-7-4-8-12-20/h2,5,7,9,11-12,15-18,21-22H,1,4,8,10H2/b5-2-,16-15?,19-9+,23-17?. The van der Waals surface area contributed by atoms with Crippen LogP contribution < -0.4 is 0 Å². The first-order valence-corrected chi connectivity index (χ1v) is 11.7. The van der Waals surface area contributed by atoms with Gasteiger partial charge in [-0.25, -0.2) is 4.99 Å². The second kappa shape index (κ2) is 10.7. The van der Waals surface area contributed by atoms with Crippen LogP contribution in [-0.2, 0) is 0 Å². The molecule has 5 heteroatoms. The minimum atomic E-state index is -0.389. The van der Waals surface area contributed by atoms with E-state index in [2.05, 4.69) is 66.2 Å². The van der Waals surface area contributed by atoms with Gasteiger partial charge in [0, 0.05) is 40.3 Å². The summed E-state index contributed by atoms with van der Waals surface area (Å²) in [7, 11) is 0. The third-order valence-electron chi connectivity index (χ3n) is 4.82. The average molecular weight is 463 g/mol. The van der Waals surface area contributed by atoms with Crippen molar-refractivity contribution >= 4 is 46.7 Å². The van der Waals surface area contributed by atoms with E-state index in [0.717, 1.165) is 41.0 Å². The molecule has 0 amide bonds. The molecule has 1 heterocycles. The molecular formula is C26H20Cl2N2S. The van der Waals surface area contributed by atoms with E-state index < -0.39 is 0 Å². The largest absolute Gasteiger partial charge is 0.231 e. The van der Waals surface area contributed by atoms with Crippen LogP contribution in [0, 0.1) is 29.6 Å². The van der Waals surface area contributed by atoms with E-state index in [1.165, 1.54) is 11.9 Å². The maximum Gasteiger partial charge on any atom is 0.167 e. The van der Waals surface area contributed by atoms with E-state index in [4.69, 9.17) is 32.6 Å². The molecule has 2 unspecified atom stereocenters. The number of halogens is 2. The SMILES string of the molecule is ClC1=CC(C2=NC(C3=CCCC=C3)=NSC(/C3=C/C=C\CC#CC3)=C2)C#CC(Cl)C=C1. The molecule has 0 aromatic rings. The third kappa shape index (κ3) is 6.05. The fourth-order valence-corrected chi connectivity index (χ4v) is 4.31. The van der Waals surface area contributed by atoms with Gasteiger partial charge in [-0.3, -0.25) is 0 Å². The normalized spacial score (nSPS) is 27.9. The van der Waals surface area contributed by atoms with Crippen molar-refractivity contribution in [1.29, 1.82) is 0 Å². The third-order valence-corrected chi connectivity index (χ3v) is 6.16. The van der Waals surface area contributed by atoms with Gasteiger partial charge in [-0.15, -0.1) is 11.6 Å². The zero-order valence-electron chi connectivity index (χ0n) is 16.8. The molecule has 0 spiro atoms. The fraction of sp³-hybridized carbons (Fsp3) is 0.231. The average Bonchev–Trinajstić information content (AvgIpc) is 2.98. The van der Waals surface area contributed by atoms with Gasteiger partial charge in [0.2, 0.25) is 0 Å². The lowest BCUT2D eigenvalue weighted by Gasteiger charge is -2.11. The number of rotatable bonds is 3. The molecule has 4 rings (SSSR count). The van der Waals surface area contributed by atoms with Crippen molar-refractivity contribution in [3.8, 4) is 23.7 Å². The molecule has 0 saturated heterocycles. The van der Waals surface area contributed by atoms with Crippen LogP contribution in [-0.4, -0.2) is 16.9 Å². The van der Waals surface area contributed by atoms with Crippen LogP contribution in [0.1, 0.15) is 25.7 Å². The van der Waals surface area contributed by atoms with Gasteiger partial charge in [0.05, 0.1) is 11.6 Å². The lowest BCUT2D eigenvalue weighted by Crippen LogP contribution is -2.13. The Morgan fingerprint density at radius 2 is 2.03 bits per heavy atom. The van der Waals surface area contributed by atoms with Crippen molar-refractivity contribution in [2.45, 2.75) is 31.1 Å². The highest BCUT2D eigenvalue weighted by Gasteiger charge is 2.20. The van der Waals surface area contributed by atoms with Gasteiger partial charge in [-0.1, -0.05) is 77.8 Å². The molecule has 3 aliphatic carbocycles. The molecule has 0 bridgehead atoms. The second-order valence-corrected chi connectivity index (χ2v) is 8.84. The van der Waals surface area contributed by atoms with Crippen molar-refractivity contribution in [3.05, 3.63) is 81.8 Å². The predicted octanol–water partition coefficient (Wildman–Crippen LogP) is 6.85. The van der Waals surface area contributed by atoms with Gasteiger partial charge in [0.15, 0.2) is 5.84 Å². The summed E-state index contributed by atoms with van der Waals surface area (Å²) >= 11 is 14.1. The summed E-state index contributed by atoms with van der Waals surface area (Å²) in [6.45, 7) is 0. The highest BCUT2D eigenvalue weighted by molar-refractivity contribution is 8.02. The molecule has 2 atom stereocenters. The number of amidine groups is 1. The van der Waals surface area contributed by atoms with Gasteiger partial charge >= 0.3 is 0 Å². The van der Waals surface area contributed by atoms with Gasteiger partial charge in [-0.05, 0) is 36.6 Å². The first-order chi connectivity index (χ1) is 15.2. The summed E-state index contributed by atoms with van der Waals surface area (Å²) < 4.78 is 4.78. The van der Waals surface area contributed by atoms with Gasteiger partial charge < -0.3 is 0 Å². The number of aliphatic imine (C=N–C) groups is 1. The first-order valence-electron chi connectivity index (χ1n) is 10.1. The van der Waals surface area contributed by atoms with Crippen LogP contribution in [0.2, 0.25) is 0 Å². The molecule has 1 aliphatic heterocycles. The van der Waals surface area contributed by atoms with Gasteiger partial charge in [0.1, 0.15) is 5.38 Å². The Bertz CT molecular complexity index is 1150. The number of allylic oxidation sites excluding steroid dienone is 11. The lowest BCUT2D eigenvalue weighted by molar-refractivity contribution is 1.03. The molecule has 4 aliphatic rings. The number of hydrogen-bond donors (Lipinski definition) is 0. The minimum absolute atomic E-state index is 0.290. The van der Waals surface area contributed by atoms with E-state index in [-0.39, 0.29) is 11.3 Å². The Kier molecular flexibility index (Phi) is 7.55. The maximum atomic E-state index is 6.40. The van der Waals surface area contributed by atoms with Crippen LogP contribution in [0.4, 0.5) is 0 Å². The summed E-state index contributed by atoms with van der Waals surface area (Å²) in [5, 5.41) is 0.202. The Morgan fingerprint density at radius 1 is 1.10 bits per heavy atom. The Balaban J connectivity index is 1.79. The van der Waals surface area contributed by atoms with Gasteiger partial charge in [-0.2, -0.15) is 4.40 Å². The number of alkyl halides is 1. The summed E-state index contributed by atoms with van der Waals surface area (Å²) in [4.78, 5) is 5.95. The zero-order chi connectivity index (χ0) is 21.5. The highest BCUT2D eigenvalue weighted by atomic mass is 35.5. The number of hydrogen-bond acceptors (Lipinski definition) is 3. The van der Waals surface area contributed by atoms with E-state index >= 15 is 0 Å². The molecular weight excluding hydrogens is 443 g/mol. The van der Waals surface area contributed by atoms with Gasteiger partial charge in [0.25, 0.3) is 0 Å². The van der Waals surface area contributed by atoms with Crippen LogP contribution >= 0.6 is 35.1 Å². The molecule has 2 nitrogen and oxygen atoms in total. The topological polar surface area (TPSA) is 24.7 Å². The van der Waals surface area contributed by atoms with E-state index in [1.807, 2.05) is 6.08 Å². The van der Waals surface area contributed by atoms with Crippen molar-refractivity contribution < 1.29 is 0 Å². The van der Waals surface area contributed by atoms with Crippen LogP contribution in [0.3, 0.4) is 0 Å². The molecule has 0 N–H and O–H groups in total. The molecule has 0 aromatic heterocycles. The molecule has 0 saturated carbocycles. The summed E-state index contributed by atoms with van der Waals surface area (Å²) in [5.74, 6) is 13.1. The Hall–Kier alpha value is -2.43. The minimum Gasteiger partial charge on any atom is -0.231 e. The molecule has 154 valence electrons. The van der Waals surface area contributed by atoms with E-state index in [1.54, 1.807) is 12.2 Å². The second-order valence-electron chi connectivity index (χ2n) is 7.12. The van der Waals surface area contributed by atoms with Crippen LogP contribution in [0.15, 0.2) is 91.2 Å². The first kappa shape index (κ1) is 21.8. The number of nitrogens with zero attached hydrogens (tertiary/aromatic N) is 2. The van der Waals surface area contributed by atoms with Crippen LogP contribution in [0.25, 0.3) is 0 Å². The lowest BCUT2D eigenvalue weighted by atomic mass is 9.98. The van der Waals surface area contributed by atoms with E-state index in [9.17, 15) is 0 Å². The molecule has 0 aromatic carbocycles. The molecule has 31 heavy (non-hydrogen) atoms. The maximum absolute atomic E-state index is 6.40. The van der Waals surface area contributed by atoms with E-state index in [0.29, 0.717) is 17.3 Å². The Morgan fingerprint density at radius 3 is 2.90 bits per heavy atom. The van der Waals surface area contributed by atoms with Crippen molar-refractivity contribution in [1.82, 2.24) is 0 Å². The summed E-state index contributed by atoms with van der Waals surface area (Å²) in [5.41, 5.74) is 2.94. The smallest absolute Gasteiger partial charge is 0.167 e. The van der Waals surface area contributed by atoms with Crippen molar-refractivity contribution in [2.24, 2.45) is 15.3 Å². The quantitative estimate of drug-likeness (QED) is 0.255. The fourth-order valence-electron chi connectivity index (χ4n) is 3.21. The van der Waals surface area contributed by atoms with Crippen LogP contribution in [0.5, 0.6) is 0 Å². The molecule has 0 fully saturated rings. The van der Waals surface area contributed by atoms with Crippen molar-refractivity contribution in [3.63, 3.8) is 0 Å². The monoisotopic (exact) mass is 462 g/mol. The van der Waals surface area contributed by atoms with Crippen molar-refractivity contribution in [2.75, 3.05) is 0 Å².